The molecule has 0 aliphatic carbocycles. The molecule has 2 aliphatic heterocycles. The molecular formula is C21H25N7O2S2. The van der Waals surface area contributed by atoms with Gasteiger partial charge in [0, 0.05) is 37.8 Å². The fraction of sp³-hybridized carbons (Fsp3) is 0.429. The summed E-state index contributed by atoms with van der Waals surface area (Å²) >= 11 is 1.65. The molecule has 2 atom stereocenters. The number of carbonyl (C=O) groups excluding carboxylic acids is 1. The number of nitrogens with one attached hydrogen (secondary N) is 2. The van der Waals surface area contributed by atoms with Crippen molar-refractivity contribution in [2.75, 3.05) is 30.8 Å². The molecule has 1 aromatic carbocycles. The van der Waals surface area contributed by atoms with E-state index in [1.807, 2.05) is 5.51 Å². The topological polar surface area (TPSA) is 115 Å². The van der Waals surface area contributed by atoms with Crippen LogP contribution in [-0.2, 0) is 9.73 Å². The number of rotatable bonds is 4. The highest BCUT2D eigenvalue weighted by molar-refractivity contribution is 7.91. The summed E-state index contributed by atoms with van der Waals surface area (Å²) in [6.45, 7) is 4.47. The lowest BCUT2D eigenvalue weighted by molar-refractivity contribution is 0.121. The van der Waals surface area contributed by atoms with Crippen LogP contribution in [-0.4, -0.2) is 61.5 Å². The minimum Gasteiger partial charge on any atom is -0.330 e. The first kappa shape index (κ1) is 21.2. The van der Waals surface area contributed by atoms with Crippen LogP contribution in [0.3, 0.4) is 0 Å². The van der Waals surface area contributed by atoms with E-state index in [0.717, 1.165) is 31.4 Å². The van der Waals surface area contributed by atoms with E-state index in [1.165, 1.54) is 28.9 Å². The summed E-state index contributed by atoms with van der Waals surface area (Å²) < 4.78 is 20.7. The van der Waals surface area contributed by atoms with Crippen molar-refractivity contribution < 1.29 is 9.00 Å². The zero-order valence-corrected chi connectivity index (χ0v) is 19.6. The van der Waals surface area contributed by atoms with E-state index in [0.29, 0.717) is 6.54 Å². The number of piperidine rings is 1. The summed E-state index contributed by atoms with van der Waals surface area (Å²) in [5, 5.41) is 3.16. The number of urea groups is 1. The summed E-state index contributed by atoms with van der Waals surface area (Å²) in [6.07, 6.45) is 5.75. The van der Waals surface area contributed by atoms with Crippen LogP contribution in [0.5, 0.6) is 0 Å². The molecule has 2 fully saturated rings. The maximum atomic E-state index is 12.7. The largest absolute Gasteiger partial charge is 0.330 e. The third kappa shape index (κ3) is 3.84. The monoisotopic (exact) mass is 471 g/mol. The predicted octanol–water partition coefficient (Wildman–Crippen LogP) is 3.25. The molecule has 2 N–H and O–H groups in total. The average molecular weight is 472 g/mol. The van der Waals surface area contributed by atoms with Crippen LogP contribution >= 0.6 is 11.3 Å². The molecule has 1 spiro atoms. The molecule has 2 amide bonds. The number of benzene rings is 1. The summed E-state index contributed by atoms with van der Waals surface area (Å²) in [5.41, 5.74) is 3.87. The van der Waals surface area contributed by atoms with E-state index in [-0.39, 0.29) is 28.5 Å². The first-order valence-corrected chi connectivity index (χ1v) is 13.3. The SMILES string of the molecule is C[C@H](c1ccc2scnc2c1)N1CCC2(CC1)CN(c1ncc(S(C)(=N)=O)cn1)C(=O)N2. The summed E-state index contributed by atoms with van der Waals surface area (Å²) in [7, 11) is -2.88. The van der Waals surface area contributed by atoms with Crippen LogP contribution in [0.2, 0.25) is 0 Å². The second kappa shape index (κ2) is 7.75. The lowest BCUT2D eigenvalue weighted by atomic mass is 9.87. The molecule has 0 radical (unpaired) electrons. The molecule has 0 saturated carbocycles. The molecule has 5 rings (SSSR count). The molecular weight excluding hydrogens is 446 g/mol. The number of aromatic nitrogens is 3. The Morgan fingerprint density at radius 1 is 1.22 bits per heavy atom. The molecule has 1 unspecified atom stereocenters. The number of carbonyl (C=O) groups is 1. The van der Waals surface area contributed by atoms with Gasteiger partial charge in [-0.3, -0.25) is 9.80 Å². The van der Waals surface area contributed by atoms with Crippen molar-refractivity contribution in [2.45, 2.75) is 36.2 Å². The van der Waals surface area contributed by atoms with Crippen LogP contribution in [0.1, 0.15) is 31.4 Å². The molecule has 3 aromatic rings. The van der Waals surface area contributed by atoms with Crippen LogP contribution in [0.4, 0.5) is 10.7 Å². The minimum atomic E-state index is -2.88. The number of nitrogens with zero attached hydrogens (tertiary/aromatic N) is 5. The third-order valence-electron chi connectivity index (χ3n) is 6.52. The summed E-state index contributed by atoms with van der Waals surface area (Å²) in [4.78, 5) is 29.8. The Morgan fingerprint density at radius 3 is 2.62 bits per heavy atom. The van der Waals surface area contributed by atoms with Gasteiger partial charge in [-0.15, -0.1) is 11.3 Å². The first-order valence-electron chi connectivity index (χ1n) is 10.5. The van der Waals surface area contributed by atoms with E-state index in [9.17, 15) is 9.00 Å². The van der Waals surface area contributed by atoms with Gasteiger partial charge in [-0.1, -0.05) is 6.07 Å². The highest BCUT2D eigenvalue weighted by Crippen LogP contribution is 2.34. The van der Waals surface area contributed by atoms with Crippen LogP contribution in [0.25, 0.3) is 10.2 Å². The number of fused-ring (bicyclic) bond motifs is 1. The van der Waals surface area contributed by atoms with Gasteiger partial charge >= 0.3 is 6.03 Å². The molecule has 2 aromatic heterocycles. The Morgan fingerprint density at radius 2 is 1.94 bits per heavy atom. The van der Waals surface area contributed by atoms with Crippen molar-refractivity contribution in [1.29, 1.82) is 4.78 Å². The maximum Gasteiger partial charge on any atom is 0.324 e. The van der Waals surface area contributed by atoms with Gasteiger partial charge < -0.3 is 5.32 Å². The highest BCUT2D eigenvalue weighted by Gasteiger charge is 2.46. The molecule has 4 heterocycles. The van der Waals surface area contributed by atoms with Gasteiger partial charge in [0.1, 0.15) is 0 Å². The number of likely N-dealkylation sites (tertiary alicyclic amines) is 1. The Bertz CT molecular complexity index is 1260. The number of hydrogen-bond donors (Lipinski definition) is 2. The standard InChI is InChI=1S/C21H25N7O2S2/c1-14(15-3-4-18-17(9-15)25-13-31-18)27-7-5-21(6-8-27)12-28(20(29)26-21)19-23-10-16(11-24-19)32(2,22)30/h3-4,9-11,13-14,22H,5-8,12H2,1-2H3,(H,26,29)/t14-,32?/m1/s1. The Labute approximate surface area is 190 Å². The smallest absolute Gasteiger partial charge is 0.324 e. The fourth-order valence-corrected chi connectivity index (χ4v) is 5.65. The molecule has 32 heavy (non-hydrogen) atoms. The van der Waals surface area contributed by atoms with Crippen LogP contribution in [0.15, 0.2) is 41.0 Å². The second-order valence-corrected chi connectivity index (χ2v) is 11.7. The lowest BCUT2D eigenvalue weighted by Crippen LogP contribution is -2.52. The van der Waals surface area contributed by atoms with Crippen molar-refractivity contribution in [1.82, 2.24) is 25.2 Å². The molecule has 0 bridgehead atoms. The number of thiazole rings is 1. The van der Waals surface area contributed by atoms with Gasteiger partial charge in [-0.25, -0.2) is 28.7 Å². The van der Waals surface area contributed by atoms with Gasteiger partial charge in [0.25, 0.3) is 0 Å². The van der Waals surface area contributed by atoms with Crippen molar-refractivity contribution in [2.24, 2.45) is 0 Å². The Balaban J connectivity index is 1.26. The maximum absolute atomic E-state index is 12.7. The van der Waals surface area contributed by atoms with Crippen molar-refractivity contribution in [3.05, 3.63) is 41.7 Å². The van der Waals surface area contributed by atoms with E-state index in [1.54, 1.807) is 16.2 Å². The summed E-state index contributed by atoms with van der Waals surface area (Å²) in [5.74, 6) is 0.277. The number of anilines is 1. The van der Waals surface area contributed by atoms with E-state index in [2.05, 4.69) is 50.3 Å². The molecule has 9 nitrogen and oxygen atoms in total. The highest BCUT2D eigenvalue weighted by atomic mass is 32.2. The normalized spacial score (nSPS) is 21.6. The van der Waals surface area contributed by atoms with E-state index >= 15 is 0 Å². The van der Waals surface area contributed by atoms with Crippen molar-refractivity contribution in [3.63, 3.8) is 0 Å². The summed E-state index contributed by atoms with van der Waals surface area (Å²) in [6, 6.07) is 6.56. The second-order valence-electron chi connectivity index (χ2n) is 8.65. The van der Waals surface area contributed by atoms with Crippen LogP contribution < -0.4 is 10.2 Å². The molecule has 2 saturated heterocycles. The van der Waals surface area contributed by atoms with Gasteiger partial charge in [0.2, 0.25) is 5.95 Å². The van der Waals surface area contributed by atoms with Crippen molar-refractivity contribution in [3.8, 4) is 0 Å². The van der Waals surface area contributed by atoms with Gasteiger partial charge in [0.15, 0.2) is 0 Å². The van der Waals surface area contributed by atoms with Gasteiger partial charge in [0.05, 0.1) is 42.4 Å². The third-order valence-corrected chi connectivity index (χ3v) is 8.44. The number of hydrogen-bond acceptors (Lipinski definition) is 8. The zero-order chi connectivity index (χ0) is 22.5. The predicted molar refractivity (Wildman–Crippen MR) is 125 cm³/mol. The van der Waals surface area contributed by atoms with E-state index in [4.69, 9.17) is 4.78 Å². The molecule has 168 valence electrons. The number of amides is 2. The van der Waals surface area contributed by atoms with Gasteiger partial charge in [-0.05, 0) is 37.5 Å². The zero-order valence-electron chi connectivity index (χ0n) is 17.9. The molecule has 11 heteroatoms. The van der Waals surface area contributed by atoms with Gasteiger partial charge in [-0.2, -0.15) is 0 Å². The first-order chi connectivity index (χ1) is 15.2. The average Bonchev–Trinajstić information content (AvgIpc) is 3.37. The van der Waals surface area contributed by atoms with Crippen LogP contribution in [0, 0.1) is 4.78 Å². The van der Waals surface area contributed by atoms with Crippen molar-refractivity contribution >= 4 is 43.3 Å². The molecule has 2 aliphatic rings. The van der Waals surface area contributed by atoms with E-state index < -0.39 is 9.73 Å². The minimum absolute atomic E-state index is 0.212. The Hall–Kier alpha value is -2.63. The lowest BCUT2D eigenvalue weighted by Gasteiger charge is -2.41. The fourth-order valence-electron chi connectivity index (χ4n) is 4.49. The quantitative estimate of drug-likeness (QED) is 0.604. The Kier molecular flexibility index (Phi) is 5.14.